The minimum atomic E-state index is 0. The average molecular weight is 182 g/mol. The zero-order chi connectivity index (χ0) is 2.71. The molecule has 2 nitrogen and oxygen atoms in total. The molecule has 0 amide bonds. The molecule has 0 aromatic carbocycles. The van der Waals surface area contributed by atoms with E-state index in [2.05, 4.69) is 0 Å². The Labute approximate surface area is 51.7 Å². The molecule has 0 atom stereocenters. The van der Waals surface area contributed by atoms with Crippen LogP contribution in [0, 0.1) is 41.0 Å². The Bertz CT molecular complexity index is 29.0. The average Bonchev–Trinajstić information content (AvgIpc) is 0.918. The molecule has 0 aliphatic heterocycles. The first kappa shape index (κ1) is 8.82. The third kappa shape index (κ3) is 19.3. The number of hydrogen-bond acceptors (Lipinski definition) is 2. The van der Waals surface area contributed by atoms with E-state index in [1.54, 1.807) is 0 Å². The van der Waals surface area contributed by atoms with E-state index in [0.717, 1.165) is 6.08 Å². The van der Waals surface area contributed by atoms with Crippen molar-refractivity contribution in [3.63, 3.8) is 0 Å². The second-order valence-corrected chi connectivity index (χ2v) is 0.102. The summed E-state index contributed by atoms with van der Waals surface area (Å²) in [6.45, 7) is 0. The van der Waals surface area contributed by atoms with Crippen molar-refractivity contribution in [1.82, 2.24) is 0 Å². The first-order valence-electron chi connectivity index (χ1n) is 0.454. The van der Waals surface area contributed by atoms with Crippen molar-refractivity contribution in [1.29, 1.82) is 5.41 Å². The second-order valence-electron chi connectivity index (χ2n) is 0.102. The molecule has 1 radical (unpaired) electrons. The summed E-state index contributed by atoms with van der Waals surface area (Å²) in [4.78, 5) is 8.35. The Balaban J connectivity index is 0. The maximum atomic E-state index is 8.35. The van der Waals surface area contributed by atoms with E-state index >= 15 is 0 Å². The normalized spacial score (nSPS) is 2.00. The van der Waals surface area contributed by atoms with Crippen molar-refractivity contribution in [2.24, 2.45) is 0 Å². The van der Waals surface area contributed by atoms with Crippen LogP contribution < -0.4 is 0 Å². The standard InChI is InChI=1S/CHNO.La/c2-1-3;/h2H;. The monoisotopic (exact) mass is 182 g/mol. The van der Waals surface area contributed by atoms with Gasteiger partial charge in [0.1, 0.15) is 0 Å². The summed E-state index contributed by atoms with van der Waals surface area (Å²) in [5.74, 6) is 0. The summed E-state index contributed by atoms with van der Waals surface area (Å²) in [6.07, 6.45) is 0.750. The first-order chi connectivity index (χ1) is 1.41. The van der Waals surface area contributed by atoms with Gasteiger partial charge in [0.05, 0.1) is 0 Å². The van der Waals surface area contributed by atoms with Gasteiger partial charge in [0.25, 0.3) is 0 Å². The zero-order valence-electron chi connectivity index (χ0n) is 1.99. The molecule has 0 saturated carbocycles. The Morgan fingerprint density at radius 3 is 1.75 bits per heavy atom. The molecule has 3 heteroatoms. The predicted molar refractivity (Wildman–Crippen MR) is 8.41 cm³/mol. The molecular formula is CHLaNO. The molecule has 0 saturated heterocycles. The van der Waals surface area contributed by atoms with Crippen molar-refractivity contribution >= 4 is 6.08 Å². The van der Waals surface area contributed by atoms with E-state index in [4.69, 9.17) is 10.2 Å². The van der Waals surface area contributed by atoms with Crippen LogP contribution in [0.25, 0.3) is 0 Å². The van der Waals surface area contributed by atoms with Crippen LogP contribution in [0.4, 0.5) is 0 Å². The molecule has 0 aromatic rings. The zero-order valence-corrected chi connectivity index (χ0v) is 5.61. The molecular weight excluding hydrogens is 181 g/mol. The van der Waals surface area contributed by atoms with Gasteiger partial charge in [-0.3, -0.25) is 0 Å². The largest absolute Gasteiger partial charge is 0.231 e. The molecule has 0 aliphatic rings. The molecule has 0 heterocycles. The van der Waals surface area contributed by atoms with Crippen LogP contribution in [0.3, 0.4) is 0 Å². The molecule has 4 heavy (non-hydrogen) atoms. The van der Waals surface area contributed by atoms with Crippen LogP contribution >= 0.6 is 0 Å². The van der Waals surface area contributed by atoms with Gasteiger partial charge in [0.2, 0.25) is 6.08 Å². The van der Waals surface area contributed by atoms with E-state index in [9.17, 15) is 0 Å². The number of carbonyl (C=O) groups excluding carboxylic acids is 1. The topological polar surface area (TPSA) is 40.9 Å². The molecule has 0 aromatic heterocycles. The van der Waals surface area contributed by atoms with E-state index in [0.29, 0.717) is 0 Å². The van der Waals surface area contributed by atoms with Crippen molar-refractivity contribution in [3.8, 4) is 0 Å². The summed E-state index contributed by atoms with van der Waals surface area (Å²) in [5.41, 5.74) is 0. The van der Waals surface area contributed by atoms with Crippen molar-refractivity contribution in [2.75, 3.05) is 0 Å². The maximum Gasteiger partial charge on any atom is 0.231 e. The first-order valence-corrected chi connectivity index (χ1v) is 0.454. The number of nitrogens with one attached hydrogen (secondary N) is 1. The van der Waals surface area contributed by atoms with Crippen molar-refractivity contribution in [3.05, 3.63) is 0 Å². The number of rotatable bonds is 0. The van der Waals surface area contributed by atoms with E-state index in [-0.39, 0.29) is 35.6 Å². The minimum Gasteiger partial charge on any atom is -0.222 e. The predicted octanol–water partition coefficient (Wildman–Crippen LogP) is -0.0990. The third-order valence-electron chi connectivity index (χ3n) is 0. The Kier molecular flexibility index (Phi) is 21.1. The van der Waals surface area contributed by atoms with Gasteiger partial charge in [-0.1, -0.05) is 0 Å². The van der Waals surface area contributed by atoms with Crippen LogP contribution in [-0.4, -0.2) is 6.08 Å². The number of hydrogen-bond donors (Lipinski definition) is 1. The van der Waals surface area contributed by atoms with Crippen LogP contribution in [0.1, 0.15) is 0 Å². The van der Waals surface area contributed by atoms with Crippen molar-refractivity contribution in [2.45, 2.75) is 0 Å². The fourth-order valence-corrected chi connectivity index (χ4v) is 0. The van der Waals surface area contributed by atoms with Crippen LogP contribution in [0.15, 0.2) is 0 Å². The van der Waals surface area contributed by atoms with Gasteiger partial charge < -0.3 is 0 Å². The smallest absolute Gasteiger partial charge is 0.222 e. The van der Waals surface area contributed by atoms with Gasteiger partial charge >= 0.3 is 0 Å². The van der Waals surface area contributed by atoms with Crippen molar-refractivity contribution < 1.29 is 40.4 Å². The minimum absolute atomic E-state index is 0. The fourth-order valence-electron chi connectivity index (χ4n) is 0. The third-order valence-corrected chi connectivity index (χ3v) is 0. The van der Waals surface area contributed by atoms with Gasteiger partial charge in [-0.15, -0.1) is 0 Å². The Morgan fingerprint density at radius 2 is 1.75 bits per heavy atom. The van der Waals surface area contributed by atoms with Gasteiger partial charge in [-0.2, -0.15) is 0 Å². The molecule has 0 fully saturated rings. The summed E-state index contributed by atoms with van der Waals surface area (Å²) in [7, 11) is 0. The van der Waals surface area contributed by atoms with Gasteiger partial charge in [0.15, 0.2) is 0 Å². The quantitative estimate of drug-likeness (QED) is 0.412. The van der Waals surface area contributed by atoms with Gasteiger partial charge in [0, 0.05) is 35.6 Å². The van der Waals surface area contributed by atoms with Crippen LogP contribution in [-0.2, 0) is 4.79 Å². The van der Waals surface area contributed by atoms with E-state index in [1.807, 2.05) is 0 Å². The van der Waals surface area contributed by atoms with Gasteiger partial charge in [-0.05, 0) is 0 Å². The molecule has 0 spiro atoms. The Morgan fingerprint density at radius 1 is 1.75 bits per heavy atom. The maximum absolute atomic E-state index is 8.35. The summed E-state index contributed by atoms with van der Waals surface area (Å²) >= 11 is 0. The fraction of sp³-hybridized carbons (Fsp3) is 0. The summed E-state index contributed by atoms with van der Waals surface area (Å²) in [6, 6.07) is 0. The Hall–Kier alpha value is 0.575. The summed E-state index contributed by atoms with van der Waals surface area (Å²) < 4.78 is 0. The second kappa shape index (κ2) is 9.56. The van der Waals surface area contributed by atoms with E-state index < -0.39 is 0 Å². The SMILES string of the molecule is N=C=O.[La]. The van der Waals surface area contributed by atoms with E-state index in [1.165, 1.54) is 0 Å². The van der Waals surface area contributed by atoms with Gasteiger partial charge in [-0.25, -0.2) is 10.2 Å². The molecule has 0 unspecified atom stereocenters. The van der Waals surface area contributed by atoms with Crippen LogP contribution in [0.2, 0.25) is 0 Å². The molecule has 0 bridgehead atoms. The molecule has 1 N–H and O–H groups in total. The summed E-state index contributed by atoms with van der Waals surface area (Å²) in [5, 5.41) is 5.40. The molecule has 0 rings (SSSR count). The van der Waals surface area contributed by atoms with Crippen LogP contribution in [0.5, 0.6) is 0 Å². The molecule has 19 valence electrons. The molecule has 0 aliphatic carbocycles. The number of isocyanates is 1.